The van der Waals surface area contributed by atoms with E-state index in [2.05, 4.69) is 39.4 Å². The number of aromatic nitrogens is 2. The van der Waals surface area contributed by atoms with E-state index in [1.54, 1.807) is 0 Å². The van der Waals surface area contributed by atoms with Crippen LogP contribution in [-0.2, 0) is 13.1 Å². The van der Waals surface area contributed by atoms with Crippen LogP contribution in [0.3, 0.4) is 0 Å². The number of rotatable bonds is 5. The van der Waals surface area contributed by atoms with Crippen molar-refractivity contribution in [3.05, 3.63) is 18.2 Å². The molecule has 0 aromatic carbocycles. The molecule has 1 saturated heterocycles. The molecule has 0 amide bonds. The topological polar surface area (TPSA) is 50.3 Å². The minimum Gasteiger partial charge on any atom is -0.336 e. The molecule has 1 unspecified atom stereocenters. The van der Waals surface area contributed by atoms with Gasteiger partial charge in [-0.25, -0.2) is 4.98 Å². The lowest BCUT2D eigenvalue weighted by atomic mass is 10.2. The summed E-state index contributed by atoms with van der Waals surface area (Å²) in [4.78, 5) is 9.47. The summed E-state index contributed by atoms with van der Waals surface area (Å²) in [5, 5.41) is 0. The summed E-state index contributed by atoms with van der Waals surface area (Å²) in [6.45, 7) is 11.6. The second-order valence-electron chi connectivity index (χ2n) is 5.10. The van der Waals surface area contributed by atoms with Crippen LogP contribution in [0.2, 0.25) is 0 Å². The first-order valence-electron chi connectivity index (χ1n) is 6.90. The molecular weight excluding hydrogens is 226 g/mol. The van der Waals surface area contributed by atoms with Gasteiger partial charge in [0.05, 0.1) is 12.0 Å². The number of hydrogen-bond acceptors (Lipinski definition) is 4. The standard InChI is InChI=1S/C13H25N5/c1-3-18-7-6-16(8-12(18)2)9-13-10-17(5-4-14)11-15-13/h10-12H,3-9,14H2,1-2H3. The van der Waals surface area contributed by atoms with Gasteiger partial charge in [0.15, 0.2) is 0 Å². The molecule has 1 fully saturated rings. The van der Waals surface area contributed by atoms with E-state index in [4.69, 9.17) is 5.73 Å². The van der Waals surface area contributed by atoms with Crippen LogP contribution in [0.4, 0.5) is 0 Å². The number of piperazine rings is 1. The summed E-state index contributed by atoms with van der Waals surface area (Å²) >= 11 is 0. The van der Waals surface area contributed by atoms with Gasteiger partial charge in [-0.05, 0) is 13.5 Å². The molecule has 1 aliphatic rings. The predicted octanol–water partition coefficient (Wildman–Crippen LogP) is 0.368. The van der Waals surface area contributed by atoms with Gasteiger partial charge in [-0.3, -0.25) is 9.80 Å². The van der Waals surface area contributed by atoms with Crippen LogP contribution >= 0.6 is 0 Å². The summed E-state index contributed by atoms with van der Waals surface area (Å²) in [5.74, 6) is 0. The smallest absolute Gasteiger partial charge is 0.0950 e. The van der Waals surface area contributed by atoms with Gasteiger partial charge in [-0.2, -0.15) is 0 Å². The highest BCUT2D eigenvalue weighted by Crippen LogP contribution is 2.11. The molecule has 1 atom stereocenters. The maximum atomic E-state index is 5.54. The third-order valence-electron chi connectivity index (χ3n) is 3.72. The molecular formula is C13H25N5. The van der Waals surface area contributed by atoms with Crippen LogP contribution in [0.1, 0.15) is 19.5 Å². The monoisotopic (exact) mass is 251 g/mol. The molecule has 1 aliphatic heterocycles. The fraction of sp³-hybridized carbons (Fsp3) is 0.769. The average Bonchev–Trinajstić information content (AvgIpc) is 2.77. The van der Waals surface area contributed by atoms with E-state index in [0.29, 0.717) is 12.6 Å². The van der Waals surface area contributed by atoms with E-state index >= 15 is 0 Å². The van der Waals surface area contributed by atoms with Crippen LogP contribution in [-0.4, -0.2) is 58.1 Å². The van der Waals surface area contributed by atoms with Gasteiger partial charge < -0.3 is 10.3 Å². The second kappa shape index (κ2) is 6.31. The largest absolute Gasteiger partial charge is 0.336 e. The first-order valence-corrected chi connectivity index (χ1v) is 6.90. The van der Waals surface area contributed by atoms with E-state index in [9.17, 15) is 0 Å². The van der Waals surface area contributed by atoms with Gasteiger partial charge in [-0.15, -0.1) is 0 Å². The molecule has 1 aromatic heterocycles. The van der Waals surface area contributed by atoms with Crippen molar-refractivity contribution in [1.82, 2.24) is 19.4 Å². The van der Waals surface area contributed by atoms with Crippen molar-refractivity contribution in [2.75, 3.05) is 32.7 Å². The van der Waals surface area contributed by atoms with Crippen molar-refractivity contribution in [2.24, 2.45) is 5.73 Å². The molecule has 1 aromatic rings. The lowest BCUT2D eigenvalue weighted by Gasteiger charge is -2.39. The molecule has 0 spiro atoms. The van der Waals surface area contributed by atoms with Crippen LogP contribution in [0.5, 0.6) is 0 Å². The maximum absolute atomic E-state index is 5.54. The van der Waals surface area contributed by atoms with Gasteiger partial charge in [0.1, 0.15) is 0 Å². The molecule has 2 rings (SSSR count). The molecule has 0 radical (unpaired) electrons. The Bertz CT molecular complexity index is 362. The molecule has 0 bridgehead atoms. The van der Waals surface area contributed by atoms with E-state index in [1.165, 1.54) is 6.54 Å². The Kier molecular flexibility index (Phi) is 4.74. The fourth-order valence-electron chi connectivity index (χ4n) is 2.67. The average molecular weight is 251 g/mol. The van der Waals surface area contributed by atoms with Crippen molar-refractivity contribution in [1.29, 1.82) is 0 Å². The molecule has 5 heteroatoms. The SMILES string of the molecule is CCN1CCN(Cc2cn(CCN)cn2)CC1C. The van der Waals surface area contributed by atoms with E-state index < -0.39 is 0 Å². The quantitative estimate of drug-likeness (QED) is 0.821. The number of hydrogen-bond donors (Lipinski definition) is 1. The molecule has 2 N–H and O–H groups in total. The lowest BCUT2D eigenvalue weighted by molar-refractivity contribution is 0.0827. The summed E-state index contributed by atoms with van der Waals surface area (Å²) in [7, 11) is 0. The van der Waals surface area contributed by atoms with Crippen LogP contribution in [0, 0.1) is 0 Å². The van der Waals surface area contributed by atoms with Crippen molar-refractivity contribution >= 4 is 0 Å². The van der Waals surface area contributed by atoms with Gasteiger partial charge >= 0.3 is 0 Å². The maximum Gasteiger partial charge on any atom is 0.0950 e. The van der Waals surface area contributed by atoms with Crippen molar-refractivity contribution in [3.8, 4) is 0 Å². The minimum atomic E-state index is 0.648. The van der Waals surface area contributed by atoms with E-state index in [0.717, 1.165) is 38.4 Å². The van der Waals surface area contributed by atoms with Crippen molar-refractivity contribution < 1.29 is 0 Å². The summed E-state index contributed by atoms with van der Waals surface area (Å²) in [6, 6.07) is 0.648. The molecule has 5 nitrogen and oxygen atoms in total. The van der Waals surface area contributed by atoms with E-state index in [-0.39, 0.29) is 0 Å². The molecule has 2 heterocycles. The Morgan fingerprint density at radius 3 is 2.94 bits per heavy atom. The van der Waals surface area contributed by atoms with E-state index in [1.807, 2.05) is 6.33 Å². The van der Waals surface area contributed by atoms with Crippen molar-refractivity contribution in [3.63, 3.8) is 0 Å². The van der Waals surface area contributed by atoms with Crippen LogP contribution in [0.25, 0.3) is 0 Å². The Morgan fingerprint density at radius 1 is 1.44 bits per heavy atom. The van der Waals surface area contributed by atoms with Gasteiger partial charge in [0.25, 0.3) is 0 Å². The highest BCUT2D eigenvalue weighted by atomic mass is 15.3. The normalized spacial score (nSPS) is 22.5. The Balaban J connectivity index is 1.86. The third-order valence-corrected chi connectivity index (χ3v) is 3.72. The summed E-state index contributed by atoms with van der Waals surface area (Å²) in [5.41, 5.74) is 6.69. The Morgan fingerprint density at radius 2 is 2.28 bits per heavy atom. The first kappa shape index (κ1) is 13.5. The molecule has 102 valence electrons. The Labute approximate surface area is 110 Å². The Hall–Kier alpha value is -0.910. The number of nitrogens with zero attached hydrogens (tertiary/aromatic N) is 4. The number of nitrogens with two attached hydrogens (primary N) is 1. The second-order valence-corrected chi connectivity index (χ2v) is 5.10. The predicted molar refractivity (Wildman–Crippen MR) is 73.3 cm³/mol. The number of likely N-dealkylation sites (N-methyl/N-ethyl adjacent to an activating group) is 1. The summed E-state index contributed by atoms with van der Waals surface area (Å²) < 4.78 is 2.07. The van der Waals surface area contributed by atoms with Crippen LogP contribution < -0.4 is 5.73 Å². The zero-order chi connectivity index (χ0) is 13.0. The van der Waals surface area contributed by atoms with Crippen LogP contribution in [0.15, 0.2) is 12.5 Å². The highest BCUT2D eigenvalue weighted by Gasteiger charge is 2.22. The van der Waals surface area contributed by atoms with Gasteiger partial charge in [-0.1, -0.05) is 6.92 Å². The van der Waals surface area contributed by atoms with Gasteiger partial charge in [0, 0.05) is 51.5 Å². The zero-order valence-corrected chi connectivity index (χ0v) is 11.5. The summed E-state index contributed by atoms with van der Waals surface area (Å²) in [6.07, 6.45) is 4.00. The molecule has 0 saturated carbocycles. The molecule has 18 heavy (non-hydrogen) atoms. The zero-order valence-electron chi connectivity index (χ0n) is 11.5. The first-order chi connectivity index (χ1) is 8.72. The van der Waals surface area contributed by atoms with Crippen molar-refractivity contribution in [2.45, 2.75) is 33.0 Å². The fourth-order valence-corrected chi connectivity index (χ4v) is 2.67. The third kappa shape index (κ3) is 3.31. The lowest BCUT2D eigenvalue weighted by Crippen LogP contribution is -2.51. The molecule has 0 aliphatic carbocycles. The highest BCUT2D eigenvalue weighted by molar-refractivity contribution is 4.97. The van der Waals surface area contributed by atoms with Gasteiger partial charge in [0.2, 0.25) is 0 Å². The minimum absolute atomic E-state index is 0.648. The number of imidazole rings is 1.